The van der Waals surface area contributed by atoms with Gasteiger partial charge in [-0.25, -0.2) is 0 Å². The van der Waals surface area contributed by atoms with Crippen molar-refractivity contribution in [3.63, 3.8) is 0 Å². The molecule has 0 unspecified atom stereocenters. The van der Waals surface area contributed by atoms with E-state index in [1.807, 2.05) is 0 Å². The van der Waals surface area contributed by atoms with E-state index in [1.54, 1.807) is 0 Å². The first-order valence-corrected chi connectivity index (χ1v) is 15.9. The molecule has 0 N–H and O–H groups in total. The minimum absolute atomic E-state index is 0.107. The van der Waals surface area contributed by atoms with Gasteiger partial charge in [0.1, 0.15) is 0 Å². The first kappa shape index (κ1) is 30.2. The zero-order valence-electron chi connectivity index (χ0n) is 27.7. The summed E-state index contributed by atoms with van der Waals surface area (Å²) in [6.45, 7) is 15.8. The van der Waals surface area contributed by atoms with E-state index >= 15 is 0 Å². The summed E-state index contributed by atoms with van der Waals surface area (Å²) in [4.78, 5) is 4.71. The molecule has 0 amide bonds. The van der Waals surface area contributed by atoms with Crippen LogP contribution in [0.1, 0.15) is 58.2 Å². The second-order valence-electron chi connectivity index (χ2n) is 14.1. The first-order chi connectivity index (χ1) is 21.5. The molecule has 0 heterocycles. The van der Waals surface area contributed by atoms with Crippen LogP contribution >= 0.6 is 0 Å². The fourth-order valence-corrected chi connectivity index (χ4v) is 6.05. The highest BCUT2D eigenvalue weighted by Crippen LogP contribution is 2.41. The lowest BCUT2D eigenvalue weighted by atomic mass is 9.87. The Morgan fingerprint density at radius 3 is 1.22 bits per heavy atom. The van der Waals surface area contributed by atoms with Crippen LogP contribution in [0.15, 0.2) is 140 Å². The number of hydrogen-bond donors (Lipinski definition) is 0. The Morgan fingerprint density at radius 1 is 0.378 bits per heavy atom. The number of fused-ring (bicyclic) bond motifs is 1. The molecule has 0 aliphatic rings. The fraction of sp³-hybridized carbons (Fsp3) is 0.209. The van der Waals surface area contributed by atoms with Crippen molar-refractivity contribution in [2.45, 2.75) is 59.3 Å². The molecule has 0 bridgehead atoms. The Labute approximate surface area is 269 Å². The highest BCUT2D eigenvalue weighted by Gasteiger charge is 2.19. The summed E-state index contributed by atoms with van der Waals surface area (Å²) >= 11 is 0. The van der Waals surface area contributed by atoms with Crippen LogP contribution in [0, 0.1) is 6.92 Å². The molecule has 0 fully saturated rings. The van der Waals surface area contributed by atoms with E-state index in [-0.39, 0.29) is 10.8 Å². The van der Waals surface area contributed by atoms with Crippen LogP contribution in [-0.4, -0.2) is 0 Å². The number of rotatable bonds is 6. The van der Waals surface area contributed by atoms with Gasteiger partial charge in [-0.05, 0) is 118 Å². The molecule has 0 radical (unpaired) electrons. The summed E-state index contributed by atoms with van der Waals surface area (Å²) in [5, 5.41) is 2.47. The molecular weight excluding hydrogens is 544 g/mol. The first-order valence-electron chi connectivity index (χ1n) is 15.9. The smallest absolute Gasteiger partial charge is 0.0470 e. The van der Waals surface area contributed by atoms with E-state index in [4.69, 9.17) is 0 Å². The van der Waals surface area contributed by atoms with Gasteiger partial charge >= 0.3 is 0 Å². The number of hydrogen-bond acceptors (Lipinski definition) is 2. The van der Waals surface area contributed by atoms with Crippen molar-refractivity contribution in [1.29, 1.82) is 0 Å². The molecule has 0 aliphatic heterocycles. The molecule has 0 saturated carbocycles. The highest BCUT2D eigenvalue weighted by molar-refractivity contribution is 5.95. The van der Waals surface area contributed by atoms with Crippen LogP contribution in [-0.2, 0) is 10.8 Å². The minimum Gasteiger partial charge on any atom is -0.310 e. The molecule has 0 aromatic heterocycles. The summed E-state index contributed by atoms with van der Waals surface area (Å²) in [6.07, 6.45) is 0. The van der Waals surface area contributed by atoms with Gasteiger partial charge in [0.15, 0.2) is 0 Å². The Bertz CT molecular complexity index is 1890. The lowest BCUT2D eigenvalue weighted by Gasteiger charge is -2.29. The second kappa shape index (κ2) is 11.9. The third-order valence-electron chi connectivity index (χ3n) is 8.66. The van der Waals surface area contributed by atoms with Gasteiger partial charge in [-0.3, -0.25) is 0 Å². The summed E-state index contributed by atoms with van der Waals surface area (Å²) in [7, 11) is 0. The molecule has 0 spiro atoms. The predicted octanol–water partition coefficient (Wildman–Crippen LogP) is 12.7. The predicted molar refractivity (Wildman–Crippen MR) is 195 cm³/mol. The summed E-state index contributed by atoms with van der Waals surface area (Å²) < 4.78 is 0. The zero-order chi connectivity index (χ0) is 31.8. The number of para-hydroxylation sites is 2. The van der Waals surface area contributed by atoms with Gasteiger partial charge in [-0.2, -0.15) is 0 Å². The summed E-state index contributed by atoms with van der Waals surface area (Å²) in [5.41, 5.74) is 11.0. The maximum atomic E-state index is 2.36. The topological polar surface area (TPSA) is 6.48 Å². The average Bonchev–Trinajstić information content (AvgIpc) is 3.02. The van der Waals surface area contributed by atoms with Crippen molar-refractivity contribution in [1.82, 2.24) is 0 Å². The summed E-state index contributed by atoms with van der Waals surface area (Å²) in [5.74, 6) is 0. The molecule has 0 atom stereocenters. The Balaban J connectivity index is 1.44. The van der Waals surface area contributed by atoms with Crippen molar-refractivity contribution in [2.24, 2.45) is 0 Å². The molecule has 0 aliphatic carbocycles. The van der Waals surface area contributed by atoms with Gasteiger partial charge in [-0.1, -0.05) is 108 Å². The molecule has 6 rings (SSSR count). The van der Waals surface area contributed by atoms with Crippen LogP contribution in [0.5, 0.6) is 0 Å². The third kappa shape index (κ3) is 6.37. The van der Waals surface area contributed by atoms with Crippen LogP contribution < -0.4 is 9.80 Å². The van der Waals surface area contributed by atoms with Crippen LogP contribution in [0.2, 0.25) is 0 Å². The number of benzene rings is 6. The molecule has 0 saturated heterocycles. The van der Waals surface area contributed by atoms with Crippen molar-refractivity contribution >= 4 is 44.9 Å². The van der Waals surface area contributed by atoms with Crippen LogP contribution in [0.4, 0.5) is 34.1 Å². The van der Waals surface area contributed by atoms with Crippen molar-refractivity contribution in [3.05, 3.63) is 156 Å². The van der Waals surface area contributed by atoms with E-state index in [9.17, 15) is 0 Å². The zero-order valence-corrected chi connectivity index (χ0v) is 27.7. The molecular formula is C43H44N2. The SMILES string of the molecule is Cc1cc(N(c2ccccc2)c2ccc(C(C)(C)C)cc2)cc2ccc(N(c3ccccc3)c3ccc(C(C)(C)C)cc3)cc12. The van der Waals surface area contributed by atoms with Gasteiger partial charge in [0.05, 0.1) is 0 Å². The standard InChI is InChI=1S/C43H44N2/c1-31-28-40(45(36-16-12-9-13-17-36)38-26-21-34(22-27-38)43(5,6)7)29-32-18-23-39(30-41(31)32)44(35-14-10-8-11-15-35)37-24-19-33(20-25-37)42(2,3)4/h8-30H,1-7H3. The lowest BCUT2D eigenvalue weighted by Crippen LogP contribution is -2.13. The largest absolute Gasteiger partial charge is 0.310 e. The normalized spacial score (nSPS) is 11.9. The van der Waals surface area contributed by atoms with E-state index in [2.05, 4.69) is 198 Å². The monoisotopic (exact) mass is 588 g/mol. The molecule has 2 heteroatoms. The molecule has 6 aromatic carbocycles. The minimum atomic E-state index is 0.107. The number of anilines is 6. The quantitative estimate of drug-likeness (QED) is 0.191. The summed E-state index contributed by atoms with van der Waals surface area (Å²) in [6, 6.07) is 50.8. The van der Waals surface area contributed by atoms with Crippen LogP contribution in [0.3, 0.4) is 0 Å². The van der Waals surface area contributed by atoms with E-state index < -0.39 is 0 Å². The maximum absolute atomic E-state index is 2.36. The highest BCUT2D eigenvalue weighted by atomic mass is 15.1. The van der Waals surface area contributed by atoms with Gasteiger partial charge in [0.2, 0.25) is 0 Å². The maximum Gasteiger partial charge on any atom is 0.0470 e. The van der Waals surface area contributed by atoms with E-state index in [1.165, 1.54) is 27.5 Å². The molecule has 226 valence electrons. The molecule has 2 nitrogen and oxygen atoms in total. The van der Waals surface area contributed by atoms with Crippen molar-refractivity contribution in [2.75, 3.05) is 9.80 Å². The van der Waals surface area contributed by atoms with Crippen molar-refractivity contribution in [3.8, 4) is 0 Å². The van der Waals surface area contributed by atoms with Gasteiger partial charge < -0.3 is 9.80 Å². The molecule has 45 heavy (non-hydrogen) atoms. The third-order valence-corrected chi connectivity index (χ3v) is 8.66. The number of aryl methyl sites for hydroxylation is 1. The van der Waals surface area contributed by atoms with Gasteiger partial charge in [0, 0.05) is 34.1 Å². The van der Waals surface area contributed by atoms with Crippen molar-refractivity contribution < 1.29 is 0 Å². The van der Waals surface area contributed by atoms with Crippen LogP contribution in [0.25, 0.3) is 10.8 Å². The van der Waals surface area contributed by atoms with Gasteiger partial charge in [0.25, 0.3) is 0 Å². The Morgan fingerprint density at radius 2 is 0.778 bits per heavy atom. The van der Waals surface area contributed by atoms with Gasteiger partial charge in [-0.15, -0.1) is 0 Å². The average molecular weight is 589 g/mol. The van der Waals surface area contributed by atoms with E-state index in [0.29, 0.717) is 0 Å². The van der Waals surface area contributed by atoms with E-state index in [0.717, 1.165) is 34.1 Å². The fourth-order valence-electron chi connectivity index (χ4n) is 6.05. The molecule has 6 aromatic rings. The Kier molecular flexibility index (Phi) is 8.01. The number of nitrogens with zero attached hydrogens (tertiary/aromatic N) is 2. The Hall–Kier alpha value is -4.82. The lowest BCUT2D eigenvalue weighted by molar-refractivity contribution is 0.590. The second-order valence-corrected chi connectivity index (χ2v) is 14.1.